The summed E-state index contributed by atoms with van der Waals surface area (Å²) in [4.78, 5) is 2.37. The number of aromatic nitrogens is 2. The van der Waals surface area contributed by atoms with Gasteiger partial charge >= 0.3 is 0 Å². The van der Waals surface area contributed by atoms with Crippen LogP contribution in [-0.2, 0) is 12.5 Å². The molecule has 3 rings (SSSR count). The largest absolute Gasteiger partial charge is 0.323 e. The predicted molar refractivity (Wildman–Crippen MR) is 121 cm³/mol. The third-order valence-corrected chi connectivity index (χ3v) is 6.58. The van der Waals surface area contributed by atoms with Crippen LogP contribution in [0.25, 0.3) is 0 Å². The van der Waals surface area contributed by atoms with E-state index in [1.807, 2.05) is 0 Å². The maximum atomic E-state index is 6.74. The number of fused-ring (bicyclic) bond motifs is 1. The maximum Gasteiger partial charge on any atom is 0.159 e. The fourth-order valence-electron chi connectivity index (χ4n) is 5.03. The molecule has 0 saturated heterocycles. The van der Waals surface area contributed by atoms with Crippen molar-refractivity contribution in [1.82, 2.24) is 9.78 Å². The van der Waals surface area contributed by atoms with Gasteiger partial charge < -0.3 is 4.90 Å². The smallest absolute Gasteiger partial charge is 0.159 e. The van der Waals surface area contributed by atoms with Gasteiger partial charge in [-0.3, -0.25) is 4.68 Å². The molecule has 0 fully saturated rings. The number of hydrogen-bond donors (Lipinski definition) is 0. The first-order chi connectivity index (χ1) is 13.2. The zero-order valence-electron chi connectivity index (χ0n) is 18.7. The summed E-state index contributed by atoms with van der Waals surface area (Å²) in [5.41, 5.74) is 6.55. The van der Waals surface area contributed by atoms with Crippen LogP contribution in [0.4, 0.5) is 11.5 Å². The van der Waals surface area contributed by atoms with E-state index in [4.69, 9.17) is 16.7 Å². The molecule has 0 unspecified atom stereocenters. The van der Waals surface area contributed by atoms with E-state index in [0.717, 1.165) is 29.5 Å². The minimum absolute atomic E-state index is 0.125. The van der Waals surface area contributed by atoms with Gasteiger partial charge in [-0.1, -0.05) is 58.2 Å². The average Bonchev–Trinajstić information content (AvgIpc) is 2.94. The van der Waals surface area contributed by atoms with E-state index in [-0.39, 0.29) is 5.41 Å². The number of rotatable bonds is 6. The molecule has 0 saturated carbocycles. The third kappa shape index (κ3) is 3.70. The molecular formula is C24H36ClN3. The highest BCUT2D eigenvalue weighted by molar-refractivity contribution is 6.33. The molecule has 0 atom stereocenters. The zero-order chi connectivity index (χ0) is 20.6. The van der Waals surface area contributed by atoms with Crippen LogP contribution in [0.5, 0.6) is 0 Å². The van der Waals surface area contributed by atoms with Crippen LogP contribution in [0, 0.1) is 13.8 Å². The standard InChI is InChI=1S/C24H36ClN3/c1-8-10-18(11-9-2)22-20-23(26-27(22)7)28(13-12-24(20,5)6)21-17(4)14-16(3)15-19(21)25/h14-15,18H,8-13H2,1-7H3. The van der Waals surface area contributed by atoms with Crippen molar-refractivity contribution in [2.45, 2.75) is 85.0 Å². The Hall–Kier alpha value is -1.48. The van der Waals surface area contributed by atoms with Gasteiger partial charge in [0.1, 0.15) is 0 Å². The molecule has 0 bridgehead atoms. The fourth-order valence-corrected chi connectivity index (χ4v) is 5.46. The second kappa shape index (κ2) is 8.10. The molecule has 0 spiro atoms. The van der Waals surface area contributed by atoms with Gasteiger partial charge in [0.15, 0.2) is 5.82 Å². The highest BCUT2D eigenvalue weighted by Crippen LogP contribution is 2.48. The Morgan fingerprint density at radius 3 is 2.36 bits per heavy atom. The van der Waals surface area contributed by atoms with Crippen LogP contribution in [0.15, 0.2) is 12.1 Å². The van der Waals surface area contributed by atoms with Crippen molar-refractivity contribution in [2.75, 3.05) is 11.4 Å². The summed E-state index contributed by atoms with van der Waals surface area (Å²) >= 11 is 6.74. The first kappa shape index (κ1) is 21.2. The molecule has 0 aliphatic carbocycles. The van der Waals surface area contributed by atoms with E-state index < -0.39 is 0 Å². The monoisotopic (exact) mass is 401 g/mol. The SMILES string of the molecule is CCCC(CCC)c1c2c(nn1C)N(c1c(C)cc(C)cc1Cl)CCC2(C)C. The molecule has 1 aliphatic heterocycles. The zero-order valence-corrected chi connectivity index (χ0v) is 19.5. The summed E-state index contributed by atoms with van der Waals surface area (Å²) in [6.07, 6.45) is 5.96. The molecule has 2 heterocycles. The lowest BCUT2D eigenvalue weighted by Crippen LogP contribution is -2.35. The number of benzene rings is 1. The number of hydrogen-bond acceptors (Lipinski definition) is 2. The maximum absolute atomic E-state index is 6.74. The van der Waals surface area contributed by atoms with E-state index in [1.54, 1.807) is 0 Å². The molecule has 1 aromatic carbocycles. The lowest BCUT2D eigenvalue weighted by atomic mass is 9.75. The predicted octanol–water partition coefficient (Wildman–Crippen LogP) is 7.19. The molecule has 1 aromatic heterocycles. The minimum Gasteiger partial charge on any atom is -0.323 e. The fraction of sp³-hybridized carbons (Fsp3) is 0.625. The first-order valence-electron chi connectivity index (χ1n) is 10.8. The lowest BCUT2D eigenvalue weighted by molar-refractivity contribution is 0.446. The molecule has 4 heteroatoms. The summed E-state index contributed by atoms with van der Waals surface area (Å²) in [6, 6.07) is 4.30. The molecule has 2 aromatic rings. The van der Waals surface area contributed by atoms with Gasteiger partial charge in [-0.15, -0.1) is 0 Å². The first-order valence-corrected chi connectivity index (χ1v) is 11.2. The van der Waals surface area contributed by atoms with Crippen molar-refractivity contribution in [1.29, 1.82) is 0 Å². The van der Waals surface area contributed by atoms with Crippen LogP contribution < -0.4 is 4.90 Å². The molecular weight excluding hydrogens is 366 g/mol. The second-order valence-corrected chi connectivity index (χ2v) is 9.59. The van der Waals surface area contributed by atoms with Crippen LogP contribution in [0.2, 0.25) is 5.02 Å². The van der Waals surface area contributed by atoms with Crippen molar-refractivity contribution in [2.24, 2.45) is 7.05 Å². The molecule has 0 N–H and O–H groups in total. The van der Waals surface area contributed by atoms with E-state index in [2.05, 4.69) is 70.3 Å². The summed E-state index contributed by atoms with van der Waals surface area (Å²) < 4.78 is 2.16. The van der Waals surface area contributed by atoms with Crippen molar-refractivity contribution >= 4 is 23.1 Å². The van der Waals surface area contributed by atoms with Gasteiger partial charge in [0, 0.05) is 30.8 Å². The molecule has 28 heavy (non-hydrogen) atoms. The Balaban J connectivity index is 2.20. The Labute approximate surface area is 176 Å². The number of nitrogens with zero attached hydrogens (tertiary/aromatic N) is 3. The van der Waals surface area contributed by atoms with Gasteiger partial charge in [0.05, 0.1) is 10.7 Å². The number of aryl methyl sites for hydroxylation is 3. The Bertz CT molecular complexity index is 821. The average molecular weight is 402 g/mol. The number of halogens is 1. The van der Waals surface area contributed by atoms with Crippen LogP contribution in [0.1, 0.15) is 88.1 Å². The van der Waals surface area contributed by atoms with Gasteiger partial charge in [0.2, 0.25) is 0 Å². The molecule has 154 valence electrons. The van der Waals surface area contributed by atoms with E-state index in [0.29, 0.717) is 5.92 Å². The van der Waals surface area contributed by atoms with Gasteiger partial charge in [-0.25, -0.2) is 0 Å². The summed E-state index contributed by atoms with van der Waals surface area (Å²) in [5.74, 6) is 1.69. The molecule has 1 aliphatic rings. The van der Waals surface area contributed by atoms with Crippen molar-refractivity contribution in [3.8, 4) is 0 Å². The van der Waals surface area contributed by atoms with E-state index in [1.165, 1.54) is 48.1 Å². The van der Waals surface area contributed by atoms with Gasteiger partial charge in [-0.2, -0.15) is 5.10 Å². The Kier molecular flexibility index (Phi) is 6.14. The molecule has 3 nitrogen and oxygen atoms in total. The van der Waals surface area contributed by atoms with Crippen molar-refractivity contribution in [3.05, 3.63) is 39.5 Å². The summed E-state index contributed by atoms with van der Waals surface area (Å²) in [6.45, 7) is 14.6. The molecule has 0 amide bonds. The summed E-state index contributed by atoms with van der Waals surface area (Å²) in [5, 5.41) is 5.91. The van der Waals surface area contributed by atoms with Crippen LogP contribution in [-0.4, -0.2) is 16.3 Å². The van der Waals surface area contributed by atoms with Gasteiger partial charge in [0.25, 0.3) is 0 Å². The number of anilines is 2. The van der Waals surface area contributed by atoms with Crippen LogP contribution >= 0.6 is 11.6 Å². The van der Waals surface area contributed by atoms with Crippen molar-refractivity contribution < 1.29 is 0 Å². The Morgan fingerprint density at radius 1 is 1.14 bits per heavy atom. The highest BCUT2D eigenvalue weighted by Gasteiger charge is 2.40. The van der Waals surface area contributed by atoms with Crippen molar-refractivity contribution in [3.63, 3.8) is 0 Å². The van der Waals surface area contributed by atoms with Gasteiger partial charge in [-0.05, 0) is 55.7 Å². The summed E-state index contributed by atoms with van der Waals surface area (Å²) in [7, 11) is 2.13. The quantitative estimate of drug-likeness (QED) is 0.510. The lowest BCUT2D eigenvalue weighted by Gasteiger charge is -2.39. The Morgan fingerprint density at radius 2 is 1.79 bits per heavy atom. The van der Waals surface area contributed by atoms with E-state index in [9.17, 15) is 0 Å². The topological polar surface area (TPSA) is 21.1 Å². The molecule has 0 radical (unpaired) electrons. The second-order valence-electron chi connectivity index (χ2n) is 9.18. The van der Waals surface area contributed by atoms with Crippen LogP contribution in [0.3, 0.4) is 0 Å². The minimum atomic E-state index is 0.125. The van der Waals surface area contributed by atoms with E-state index >= 15 is 0 Å². The third-order valence-electron chi connectivity index (χ3n) is 6.30. The normalized spacial score (nSPS) is 16.0. The highest BCUT2D eigenvalue weighted by atomic mass is 35.5.